The molecule has 2 saturated carbocycles. The minimum Gasteiger partial charge on any atom is -0.415 e. The molecule has 3 aliphatic rings. The third-order valence-corrected chi connectivity index (χ3v) is 5.89. The van der Waals surface area contributed by atoms with E-state index in [4.69, 9.17) is 0 Å². The van der Waals surface area contributed by atoms with Gasteiger partial charge in [0.1, 0.15) is 0 Å². The summed E-state index contributed by atoms with van der Waals surface area (Å²) in [6.07, 6.45) is -15.6. The molecule has 154 valence electrons. The van der Waals surface area contributed by atoms with Gasteiger partial charge in [0.25, 0.3) is 0 Å². The molecule has 0 aliphatic heterocycles. The highest BCUT2D eigenvalue weighted by Crippen LogP contribution is 2.71. The Hall–Kier alpha value is -1.46. The van der Waals surface area contributed by atoms with Crippen LogP contribution in [0, 0.1) is 29.1 Å². The van der Waals surface area contributed by atoms with Crippen LogP contribution in [0.3, 0.4) is 0 Å². The summed E-state index contributed by atoms with van der Waals surface area (Å²) in [5.74, 6) is -11.2. The molecule has 0 amide bonds. The molecule has 0 aromatic rings. The molecule has 0 N–H and O–H groups in total. The third-order valence-electron chi connectivity index (χ3n) is 5.89. The predicted octanol–water partition coefficient (Wildman–Crippen LogP) is 4.39. The first-order chi connectivity index (χ1) is 12.1. The first-order valence-electron chi connectivity index (χ1n) is 7.79. The van der Waals surface area contributed by atoms with E-state index in [2.05, 4.69) is 9.47 Å². The zero-order valence-electron chi connectivity index (χ0n) is 13.5. The number of esters is 1. The van der Waals surface area contributed by atoms with Gasteiger partial charge in [-0.25, -0.2) is 0 Å². The van der Waals surface area contributed by atoms with Crippen molar-refractivity contribution in [2.24, 2.45) is 29.1 Å². The topological polar surface area (TPSA) is 35.5 Å². The van der Waals surface area contributed by atoms with E-state index in [1.54, 1.807) is 6.08 Å². The maximum Gasteiger partial charge on any atom is 0.465 e. The van der Waals surface area contributed by atoms with Crippen molar-refractivity contribution >= 4 is 5.97 Å². The van der Waals surface area contributed by atoms with Gasteiger partial charge in [0.15, 0.2) is 5.41 Å². The van der Waals surface area contributed by atoms with E-state index in [1.807, 2.05) is 0 Å². The van der Waals surface area contributed by atoms with Crippen molar-refractivity contribution in [3.63, 3.8) is 0 Å². The second-order valence-corrected chi connectivity index (χ2v) is 7.02. The normalized spacial score (nSPS) is 35.8. The molecule has 2 bridgehead atoms. The van der Waals surface area contributed by atoms with Crippen LogP contribution >= 0.6 is 0 Å². The van der Waals surface area contributed by atoms with Gasteiger partial charge in [-0.1, -0.05) is 12.2 Å². The third kappa shape index (κ3) is 2.44. The lowest BCUT2D eigenvalue weighted by Gasteiger charge is -2.54. The van der Waals surface area contributed by atoms with Crippen molar-refractivity contribution in [1.82, 2.24) is 0 Å². The van der Waals surface area contributed by atoms with Crippen LogP contribution in [0.4, 0.5) is 39.5 Å². The number of hydrogen-bond donors (Lipinski definition) is 0. The Bertz CT molecular complexity index is 649. The van der Waals surface area contributed by atoms with Gasteiger partial charge < -0.3 is 9.47 Å². The number of alkyl halides is 9. The highest BCUT2D eigenvalue weighted by Gasteiger charge is 2.82. The number of rotatable bonds is 3. The number of methoxy groups -OCH3 is 1. The summed E-state index contributed by atoms with van der Waals surface area (Å²) in [4.78, 5) is 12.2. The minimum atomic E-state index is -6.33. The van der Waals surface area contributed by atoms with E-state index >= 15 is 0 Å². The van der Waals surface area contributed by atoms with Crippen LogP contribution in [0.15, 0.2) is 12.2 Å². The summed E-state index contributed by atoms with van der Waals surface area (Å²) in [6, 6.07) is 0. The smallest absolute Gasteiger partial charge is 0.415 e. The Kier molecular flexibility index (Phi) is 4.16. The molecule has 5 atom stereocenters. The fourth-order valence-electron chi connectivity index (χ4n) is 4.69. The van der Waals surface area contributed by atoms with Crippen molar-refractivity contribution in [1.29, 1.82) is 0 Å². The Morgan fingerprint density at radius 1 is 0.963 bits per heavy atom. The van der Waals surface area contributed by atoms with Crippen LogP contribution in [-0.2, 0) is 14.3 Å². The van der Waals surface area contributed by atoms with Crippen LogP contribution in [-0.4, -0.2) is 37.4 Å². The summed E-state index contributed by atoms with van der Waals surface area (Å²) in [6.45, 7) is 0. The summed E-state index contributed by atoms with van der Waals surface area (Å²) >= 11 is 0. The van der Waals surface area contributed by atoms with Crippen molar-refractivity contribution in [2.75, 3.05) is 7.11 Å². The fourth-order valence-corrected chi connectivity index (χ4v) is 4.69. The molecule has 0 aromatic heterocycles. The number of ether oxygens (including phenoxy) is 2. The standard InChI is InChI=1S/C15H13F9O3/c1-26-12(14(19,20)21,15(22,23)24)27-10(25)11(13(16,17)18)5-8-6-2-3-7(4-6)9(8)11/h2-3,6-9H,4-5H2,1H3. The minimum absolute atomic E-state index is 0.0433. The predicted molar refractivity (Wildman–Crippen MR) is 68.8 cm³/mol. The molecule has 0 heterocycles. The average Bonchev–Trinajstić information content (AvgIpc) is 2.97. The van der Waals surface area contributed by atoms with E-state index in [0.717, 1.165) is 0 Å². The Balaban J connectivity index is 2.01. The maximum atomic E-state index is 13.7. The zero-order valence-corrected chi connectivity index (χ0v) is 13.5. The lowest BCUT2D eigenvalue weighted by Crippen LogP contribution is -2.68. The van der Waals surface area contributed by atoms with Crippen molar-refractivity contribution < 1.29 is 53.8 Å². The van der Waals surface area contributed by atoms with Gasteiger partial charge in [0.05, 0.1) is 0 Å². The Morgan fingerprint density at radius 3 is 1.89 bits per heavy atom. The van der Waals surface area contributed by atoms with Crippen LogP contribution < -0.4 is 0 Å². The van der Waals surface area contributed by atoms with Gasteiger partial charge in [0.2, 0.25) is 0 Å². The van der Waals surface area contributed by atoms with E-state index in [0.29, 0.717) is 0 Å². The molecule has 3 rings (SSSR count). The van der Waals surface area contributed by atoms with Gasteiger partial charge in [0, 0.05) is 7.11 Å². The first-order valence-corrected chi connectivity index (χ1v) is 7.79. The van der Waals surface area contributed by atoms with Gasteiger partial charge in [-0.05, 0) is 36.5 Å². The van der Waals surface area contributed by atoms with Gasteiger partial charge >= 0.3 is 30.3 Å². The van der Waals surface area contributed by atoms with E-state index in [1.165, 1.54) is 6.08 Å². The number of hydrogen-bond acceptors (Lipinski definition) is 3. The molecular weight excluding hydrogens is 399 g/mol. The lowest BCUT2D eigenvalue weighted by atomic mass is 9.50. The Labute approximate surface area is 146 Å². The number of halogens is 9. The highest BCUT2D eigenvalue weighted by atomic mass is 19.4. The fraction of sp³-hybridized carbons (Fsp3) is 0.800. The van der Waals surface area contributed by atoms with E-state index in [-0.39, 0.29) is 19.4 Å². The zero-order chi connectivity index (χ0) is 20.6. The Morgan fingerprint density at radius 2 is 1.48 bits per heavy atom. The van der Waals surface area contributed by atoms with Crippen molar-refractivity contribution in [2.45, 2.75) is 37.2 Å². The number of carbonyl (C=O) groups excluding carboxylic acids is 1. The summed E-state index contributed by atoms with van der Waals surface area (Å²) in [7, 11) is -0.0433. The molecule has 5 unspecified atom stereocenters. The molecule has 0 aromatic carbocycles. The van der Waals surface area contributed by atoms with Crippen LogP contribution in [0.5, 0.6) is 0 Å². The average molecular weight is 412 g/mol. The number of fused-ring (bicyclic) bond motifs is 5. The van der Waals surface area contributed by atoms with Gasteiger partial charge in [-0.15, -0.1) is 0 Å². The number of allylic oxidation sites excluding steroid dienone is 2. The number of carbonyl (C=O) groups is 1. The van der Waals surface area contributed by atoms with Crippen molar-refractivity contribution in [3.8, 4) is 0 Å². The van der Waals surface area contributed by atoms with Gasteiger partial charge in [-0.3, -0.25) is 4.79 Å². The molecule has 3 aliphatic carbocycles. The van der Waals surface area contributed by atoms with Crippen molar-refractivity contribution in [3.05, 3.63) is 12.2 Å². The second-order valence-electron chi connectivity index (χ2n) is 7.02. The van der Waals surface area contributed by atoms with Gasteiger partial charge in [-0.2, -0.15) is 39.5 Å². The second kappa shape index (κ2) is 5.54. The van der Waals surface area contributed by atoms with E-state index in [9.17, 15) is 44.3 Å². The molecule has 0 spiro atoms. The largest absolute Gasteiger partial charge is 0.465 e. The molecule has 0 radical (unpaired) electrons. The van der Waals surface area contributed by atoms with Crippen LogP contribution in [0.1, 0.15) is 12.8 Å². The lowest BCUT2D eigenvalue weighted by molar-refractivity contribution is -0.455. The molecule has 3 nitrogen and oxygen atoms in total. The maximum absolute atomic E-state index is 13.7. The first kappa shape index (κ1) is 20.3. The molecule has 2 fully saturated rings. The van der Waals surface area contributed by atoms with Crippen LogP contribution in [0.25, 0.3) is 0 Å². The summed E-state index contributed by atoms with van der Waals surface area (Å²) in [5, 5.41) is 0. The van der Waals surface area contributed by atoms with Crippen LogP contribution in [0.2, 0.25) is 0 Å². The monoisotopic (exact) mass is 412 g/mol. The van der Waals surface area contributed by atoms with E-state index < -0.39 is 59.9 Å². The molecular formula is C15H13F9O3. The highest BCUT2D eigenvalue weighted by molar-refractivity contribution is 5.81. The molecule has 0 saturated heterocycles. The molecule has 12 heteroatoms. The quantitative estimate of drug-likeness (QED) is 0.299. The summed E-state index contributed by atoms with van der Waals surface area (Å²) < 4.78 is 126. The molecule has 27 heavy (non-hydrogen) atoms. The summed E-state index contributed by atoms with van der Waals surface area (Å²) in [5.41, 5.74) is -3.43. The SMILES string of the molecule is COC(OC(=O)C1(C(F)(F)F)CC2C3C=CC(C3)C21)(C(F)(F)F)C(F)(F)F.